The molecule has 33 heavy (non-hydrogen) atoms. The van der Waals surface area contributed by atoms with Crippen LogP contribution in [0.4, 0.5) is 5.69 Å². The Hall–Kier alpha value is -2.83. The minimum Gasteiger partial charge on any atom is -0.304 e. The molecule has 7 nitrogen and oxygen atoms in total. The summed E-state index contributed by atoms with van der Waals surface area (Å²) in [4.78, 5) is 30.2. The van der Waals surface area contributed by atoms with Crippen molar-refractivity contribution in [2.75, 3.05) is 38.1 Å². The maximum absolute atomic E-state index is 13.5. The molecule has 2 aliphatic rings. The van der Waals surface area contributed by atoms with Crippen LogP contribution < -0.4 is 10.3 Å². The van der Waals surface area contributed by atoms with Gasteiger partial charge in [-0.1, -0.05) is 53.7 Å². The number of likely N-dealkylation sites (N-methyl/N-ethyl adjacent to an activating group) is 1. The first kappa shape index (κ1) is 23.3. The molecule has 1 N–H and O–H groups in total. The third-order valence-electron chi connectivity index (χ3n) is 5.59. The zero-order valence-corrected chi connectivity index (χ0v) is 19.8. The van der Waals surface area contributed by atoms with Gasteiger partial charge in [-0.15, -0.1) is 0 Å². The summed E-state index contributed by atoms with van der Waals surface area (Å²) in [6, 6.07) is 18.5. The molecule has 2 saturated heterocycles. The molecular formula is C24H24ClN5O2S. The van der Waals surface area contributed by atoms with Crippen molar-refractivity contribution >= 4 is 40.9 Å². The quantitative estimate of drug-likeness (QED) is 0.522. The molecule has 4 rings (SSSR count). The molecule has 0 radical (unpaired) electrons. The van der Waals surface area contributed by atoms with Crippen molar-refractivity contribution in [1.29, 1.82) is 5.26 Å². The topological polar surface area (TPSA) is 79.7 Å². The number of benzene rings is 2. The van der Waals surface area contributed by atoms with Gasteiger partial charge in [0.05, 0.1) is 5.25 Å². The van der Waals surface area contributed by atoms with Crippen LogP contribution in [0.15, 0.2) is 65.2 Å². The Balaban J connectivity index is 1.64. The van der Waals surface area contributed by atoms with E-state index >= 15 is 0 Å². The summed E-state index contributed by atoms with van der Waals surface area (Å²) in [5.74, 6) is -0.664. The van der Waals surface area contributed by atoms with E-state index in [1.807, 2.05) is 48.5 Å². The van der Waals surface area contributed by atoms with E-state index in [9.17, 15) is 14.9 Å². The number of nitrogens with zero attached hydrogens (tertiary/aromatic N) is 4. The van der Waals surface area contributed by atoms with Gasteiger partial charge in [-0.05, 0) is 43.3 Å². The van der Waals surface area contributed by atoms with Gasteiger partial charge in [0.2, 0.25) is 5.91 Å². The number of hydrogen-bond acceptors (Lipinski definition) is 6. The highest BCUT2D eigenvalue weighted by Crippen LogP contribution is 2.42. The summed E-state index contributed by atoms with van der Waals surface area (Å²) in [5, 5.41) is 12.2. The lowest BCUT2D eigenvalue weighted by Gasteiger charge is -2.32. The number of carbonyl (C=O) groups is 2. The summed E-state index contributed by atoms with van der Waals surface area (Å²) >= 11 is 7.37. The number of nitriles is 1. The van der Waals surface area contributed by atoms with Gasteiger partial charge < -0.3 is 4.90 Å². The van der Waals surface area contributed by atoms with Gasteiger partial charge in [-0.3, -0.25) is 19.9 Å². The summed E-state index contributed by atoms with van der Waals surface area (Å²) in [6.07, 6.45) is 0.440. The molecule has 0 bridgehead atoms. The highest BCUT2D eigenvalue weighted by Gasteiger charge is 2.41. The van der Waals surface area contributed by atoms with Crippen molar-refractivity contribution in [2.45, 2.75) is 11.7 Å². The predicted octanol–water partition coefficient (Wildman–Crippen LogP) is 3.04. The number of thioether (sulfide) groups is 1. The van der Waals surface area contributed by atoms with Gasteiger partial charge >= 0.3 is 0 Å². The zero-order valence-electron chi connectivity index (χ0n) is 18.2. The number of halogens is 1. The Morgan fingerprint density at radius 1 is 1.15 bits per heavy atom. The Morgan fingerprint density at radius 2 is 1.88 bits per heavy atom. The number of nitrogens with one attached hydrogen (secondary N) is 1. The molecule has 9 heteroatoms. The SMILES string of the molecule is CN1CCN(NC(=O)C(C#N)=C2SC(Cc3cccc(Cl)c3)C(=O)N2c2ccccc2)CC1. The molecule has 0 spiro atoms. The van der Waals surface area contributed by atoms with Crippen LogP contribution in [0, 0.1) is 11.3 Å². The largest absolute Gasteiger partial charge is 0.304 e. The van der Waals surface area contributed by atoms with Crippen LogP contribution >= 0.6 is 23.4 Å². The van der Waals surface area contributed by atoms with Gasteiger partial charge in [0.1, 0.15) is 16.7 Å². The Kier molecular flexibility index (Phi) is 7.36. The smallest absolute Gasteiger partial charge is 0.278 e. The van der Waals surface area contributed by atoms with Crippen LogP contribution in [0.2, 0.25) is 5.02 Å². The lowest BCUT2D eigenvalue weighted by atomic mass is 10.1. The molecule has 2 amide bonds. The standard InChI is InChI=1S/C24H24ClN5O2S/c1-28-10-12-29(13-11-28)27-22(31)20(16-26)24-30(19-8-3-2-4-9-19)23(32)21(33-24)15-17-6-5-7-18(25)14-17/h2-9,14,21H,10-13,15H2,1H3,(H,27,31). The second kappa shape index (κ2) is 10.4. The number of piperazine rings is 1. The van der Waals surface area contributed by atoms with Crippen molar-refractivity contribution < 1.29 is 9.59 Å². The molecule has 1 atom stereocenters. The average molecular weight is 482 g/mol. The third-order valence-corrected chi connectivity index (χ3v) is 7.09. The molecule has 0 aliphatic carbocycles. The van der Waals surface area contributed by atoms with E-state index in [2.05, 4.69) is 16.4 Å². The van der Waals surface area contributed by atoms with E-state index in [0.717, 1.165) is 18.7 Å². The molecule has 2 aromatic rings. The van der Waals surface area contributed by atoms with Gasteiger partial charge in [-0.2, -0.15) is 5.26 Å². The number of rotatable bonds is 5. The Morgan fingerprint density at radius 3 is 2.55 bits per heavy atom. The molecule has 2 aromatic carbocycles. The fourth-order valence-electron chi connectivity index (χ4n) is 3.79. The summed E-state index contributed by atoms with van der Waals surface area (Å²) < 4.78 is 0. The first-order valence-electron chi connectivity index (χ1n) is 10.6. The predicted molar refractivity (Wildman–Crippen MR) is 130 cm³/mol. The van der Waals surface area contributed by atoms with E-state index in [4.69, 9.17) is 11.6 Å². The second-order valence-electron chi connectivity index (χ2n) is 7.97. The summed E-state index contributed by atoms with van der Waals surface area (Å²) in [5.41, 5.74) is 4.32. The number of hydrogen-bond donors (Lipinski definition) is 1. The molecule has 2 fully saturated rings. The summed E-state index contributed by atoms with van der Waals surface area (Å²) in [6.45, 7) is 2.98. The van der Waals surface area contributed by atoms with Crippen LogP contribution in [-0.4, -0.2) is 60.2 Å². The van der Waals surface area contributed by atoms with Crippen LogP contribution in [0.25, 0.3) is 0 Å². The number of hydrazine groups is 1. The lowest BCUT2D eigenvalue weighted by molar-refractivity contribution is -0.122. The van der Waals surface area contributed by atoms with Gasteiger partial charge in [0.15, 0.2) is 0 Å². The van der Waals surface area contributed by atoms with Crippen molar-refractivity contribution in [3.05, 3.63) is 75.8 Å². The van der Waals surface area contributed by atoms with Gasteiger partial charge in [0, 0.05) is 36.9 Å². The molecule has 2 heterocycles. The Bertz CT molecular complexity index is 1110. The maximum Gasteiger partial charge on any atom is 0.278 e. The van der Waals surface area contributed by atoms with E-state index in [1.54, 1.807) is 18.2 Å². The Labute approximate surface area is 202 Å². The van der Waals surface area contributed by atoms with E-state index < -0.39 is 11.2 Å². The van der Waals surface area contributed by atoms with Crippen LogP contribution in [0.5, 0.6) is 0 Å². The highest BCUT2D eigenvalue weighted by molar-refractivity contribution is 8.05. The minimum absolute atomic E-state index is 0.0651. The zero-order chi connectivity index (χ0) is 23.4. The number of para-hydroxylation sites is 1. The van der Waals surface area contributed by atoms with Crippen molar-refractivity contribution in [3.63, 3.8) is 0 Å². The van der Waals surface area contributed by atoms with E-state index in [-0.39, 0.29) is 11.5 Å². The molecule has 2 aliphatic heterocycles. The van der Waals surface area contributed by atoms with Crippen LogP contribution in [0.1, 0.15) is 5.56 Å². The van der Waals surface area contributed by atoms with Gasteiger partial charge in [0.25, 0.3) is 5.91 Å². The number of anilines is 1. The van der Waals surface area contributed by atoms with Crippen molar-refractivity contribution in [2.24, 2.45) is 0 Å². The average Bonchev–Trinajstić information content (AvgIpc) is 3.12. The van der Waals surface area contributed by atoms with Crippen LogP contribution in [-0.2, 0) is 16.0 Å². The highest BCUT2D eigenvalue weighted by atomic mass is 35.5. The van der Waals surface area contributed by atoms with Gasteiger partial charge in [-0.25, -0.2) is 5.01 Å². The first-order valence-corrected chi connectivity index (χ1v) is 11.9. The first-order chi connectivity index (χ1) is 16.0. The molecule has 0 aromatic heterocycles. The fourth-order valence-corrected chi connectivity index (χ4v) is 5.32. The van der Waals surface area contributed by atoms with Crippen LogP contribution in [0.3, 0.4) is 0 Å². The minimum atomic E-state index is -0.498. The molecular weight excluding hydrogens is 458 g/mol. The normalized spacial score (nSPS) is 21.1. The van der Waals surface area contributed by atoms with E-state index in [1.165, 1.54) is 16.7 Å². The second-order valence-corrected chi connectivity index (χ2v) is 9.60. The monoisotopic (exact) mass is 481 g/mol. The summed E-state index contributed by atoms with van der Waals surface area (Å²) in [7, 11) is 2.03. The number of carbonyl (C=O) groups excluding carboxylic acids is 2. The molecule has 0 saturated carbocycles. The molecule has 1 unspecified atom stereocenters. The third kappa shape index (κ3) is 5.40. The van der Waals surface area contributed by atoms with E-state index in [0.29, 0.717) is 35.2 Å². The lowest BCUT2D eigenvalue weighted by Crippen LogP contribution is -2.53. The van der Waals surface area contributed by atoms with Crippen molar-refractivity contribution in [1.82, 2.24) is 15.3 Å². The fraction of sp³-hybridized carbons (Fsp3) is 0.292. The van der Waals surface area contributed by atoms with Crippen molar-refractivity contribution in [3.8, 4) is 6.07 Å². The number of amides is 2. The molecule has 170 valence electrons. The maximum atomic E-state index is 13.5.